The van der Waals surface area contributed by atoms with E-state index in [-0.39, 0.29) is 17.6 Å². The second-order valence-electron chi connectivity index (χ2n) is 5.74. The molecule has 5 nitrogen and oxygen atoms in total. The van der Waals surface area contributed by atoms with Crippen LogP contribution in [-0.4, -0.2) is 36.2 Å². The van der Waals surface area contributed by atoms with Crippen LogP contribution in [0.4, 0.5) is 0 Å². The highest BCUT2D eigenvalue weighted by Crippen LogP contribution is 2.31. The van der Waals surface area contributed by atoms with Crippen molar-refractivity contribution >= 4 is 25.8 Å². The second kappa shape index (κ2) is 6.79. The Hall–Kier alpha value is -0.400. The first-order valence-corrected chi connectivity index (χ1v) is 10.2. The maximum absolute atomic E-state index is 11.7. The van der Waals surface area contributed by atoms with Gasteiger partial charge in [-0.2, -0.15) is 5.10 Å². The Kier molecular flexibility index (Phi) is 5.48. The number of nitrogens with two attached hydrogens (primary N) is 1. The summed E-state index contributed by atoms with van der Waals surface area (Å²) in [5, 5.41) is 4.60. The molecule has 2 atom stereocenters. The van der Waals surface area contributed by atoms with Crippen LogP contribution in [0.3, 0.4) is 0 Å². The molecule has 7 heteroatoms. The van der Waals surface area contributed by atoms with E-state index in [2.05, 4.69) is 34.9 Å². The fourth-order valence-electron chi connectivity index (χ4n) is 3.10. The second-order valence-corrected chi connectivity index (χ2v) is 8.76. The SMILES string of the molecule is CCc1nn(CC)c(CC(CN)C2CCS(=O)(=O)C2)c1Br. The summed E-state index contributed by atoms with van der Waals surface area (Å²) in [6, 6.07) is 0. The van der Waals surface area contributed by atoms with Crippen LogP contribution in [0.25, 0.3) is 0 Å². The third-order valence-corrected chi connectivity index (χ3v) is 7.10. The molecule has 0 spiro atoms. The first-order valence-electron chi connectivity index (χ1n) is 7.56. The smallest absolute Gasteiger partial charge is 0.150 e. The molecule has 2 unspecified atom stereocenters. The largest absolute Gasteiger partial charge is 0.330 e. The van der Waals surface area contributed by atoms with Crippen molar-refractivity contribution in [1.29, 1.82) is 0 Å². The lowest BCUT2D eigenvalue weighted by Gasteiger charge is -2.21. The van der Waals surface area contributed by atoms with E-state index in [0.29, 0.717) is 12.3 Å². The van der Waals surface area contributed by atoms with E-state index in [1.807, 2.05) is 4.68 Å². The number of aromatic nitrogens is 2. The molecular weight excluding hydrogens is 354 g/mol. The van der Waals surface area contributed by atoms with Gasteiger partial charge < -0.3 is 5.73 Å². The quantitative estimate of drug-likeness (QED) is 0.819. The van der Waals surface area contributed by atoms with Crippen LogP contribution in [0.5, 0.6) is 0 Å². The highest BCUT2D eigenvalue weighted by molar-refractivity contribution is 9.10. The van der Waals surface area contributed by atoms with Crippen LogP contribution >= 0.6 is 15.9 Å². The molecule has 1 fully saturated rings. The van der Waals surface area contributed by atoms with Gasteiger partial charge in [0.05, 0.1) is 27.4 Å². The van der Waals surface area contributed by atoms with Gasteiger partial charge in [0.15, 0.2) is 9.84 Å². The molecule has 2 rings (SSSR count). The summed E-state index contributed by atoms with van der Waals surface area (Å²) in [4.78, 5) is 0. The van der Waals surface area contributed by atoms with Gasteiger partial charge in [0.1, 0.15) is 0 Å². The molecule has 0 amide bonds. The number of rotatable bonds is 6. The van der Waals surface area contributed by atoms with E-state index in [0.717, 1.165) is 41.7 Å². The van der Waals surface area contributed by atoms with E-state index in [9.17, 15) is 8.42 Å². The molecule has 21 heavy (non-hydrogen) atoms. The molecule has 0 saturated carbocycles. The maximum atomic E-state index is 11.7. The summed E-state index contributed by atoms with van der Waals surface area (Å²) >= 11 is 3.65. The number of aryl methyl sites for hydroxylation is 2. The van der Waals surface area contributed by atoms with E-state index in [1.54, 1.807) is 0 Å². The number of hydrogen-bond donors (Lipinski definition) is 1. The van der Waals surface area contributed by atoms with Crippen molar-refractivity contribution in [3.05, 3.63) is 15.9 Å². The molecule has 120 valence electrons. The van der Waals surface area contributed by atoms with Gasteiger partial charge in [0, 0.05) is 6.54 Å². The normalized spacial score (nSPS) is 22.6. The van der Waals surface area contributed by atoms with E-state index in [4.69, 9.17) is 5.73 Å². The molecule has 1 saturated heterocycles. The van der Waals surface area contributed by atoms with Gasteiger partial charge in [-0.05, 0) is 60.5 Å². The standard InChI is InChI=1S/C14H24BrN3O2S/c1-3-12-14(15)13(18(4-2)17-12)7-11(8-16)10-5-6-21(19,20)9-10/h10-11H,3-9,16H2,1-2H3. The Morgan fingerprint density at radius 1 is 1.48 bits per heavy atom. The van der Waals surface area contributed by atoms with Gasteiger partial charge in [-0.25, -0.2) is 8.42 Å². The fourth-order valence-corrected chi connectivity index (χ4v) is 5.74. The van der Waals surface area contributed by atoms with E-state index < -0.39 is 9.84 Å². The molecular formula is C14H24BrN3O2S. The summed E-state index contributed by atoms with van der Waals surface area (Å²) < 4.78 is 26.4. The predicted molar refractivity (Wildman–Crippen MR) is 88.0 cm³/mol. The number of halogens is 1. The van der Waals surface area contributed by atoms with Crippen LogP contribution in [0.2, 0.25) is 0 Å². The molecule has 0 bridgehead atoms. The van der Waals surface area contributed by atoms with Crippen molar-refractivity contribution in [1.82, 2.24) is 9.78 Å². The topological polar surface area (TPSA) is 78.0 Å². The lowest BCUT2D eigenvalue weighted by Crippen LogP contribution is -2.27. The zero-order valence-electron chi connectivity index (χ0n) is 12.7. The Morgan fingerprint density at radius 2 is 2.19 bits per heavy atom. The molecule has 0 radical (unpaired) electrons. The van der Waals surface area contributed by atoms with Crippen LogP contribution < -0.4 is 5.73 Å². The fraction of sp³-hybridized carbons (Fsp3) is 0.786. The average molecular weight is 378 g/mol. The highest BCUT2D eigenvalue weighted by Gasteiger charge is 2.34. The first-order chi connectivity index (χ1) is 9.91. The average Bonchev–Trinajstić information content (AvgIpc) is 2.96. The van der Waals surface area contributed by atoms with Crippen LogP contribution in [-0.2, 0) is 29.2 Å². The lowest BCUT2D eigenvalue weighted by molar-refractivity contribution is 0.361. The van der Waals surface area contributed by atoms with Crippen molar-refractivity contribution in [2.45, 2.75) is 39.7 Å². The molecule has 1 aliphatic rings. The van der Waals surface area contributed by atoms with Gasteiger partial charge in [0.25, 0.3) is 0 Å². The Labute approximate surface area is 135 Å². The van der Waals surface area contributed by atoms with E-state index >= 15 is 0 Å². The van der Waals surface area contributed by atoms with Gasteiger partial charge >= 0.3 is 0 Å². The Balaban J connectivity index is 2.21. The summed E-state index contributed by atoms with van der Waals surface area (Å²) in [7, 11) is -2.86. The van der Waals surface area contributed by atoms with E-state index in [1.165, 1.54) is 0 Å². The Bertz CT molecular complexity index is 598. The van der Waals surface area contributed by atoms with Gasteiger partial charge in [-0.1, -0.05) is 6.92 Å². The molecule has 2 N–H and O–H groups in total. The summed E-state index contributed by atoms with van der Waals surface area (Å²) in [5.74, 6) is 0.971. The van der Waals surface area contributed by atoms with Crippen molar-refractivity contribution in [3.63, 3.8) is 0 Å². The summed E-state index contributed by atoms with van der Waals surface area (Å²) in [6.45, 7) is 5.48. The maximum Gasteiger partial charge on any atom is 0.150 e. The summed E-state index contributed by atoms with van der Waals surface area (Å²) in [5.41, 5.74) is 8.13. The molecule has 1 aromatic heterocycles. The highest BCUT2D eigenvalue weighted by atomic mass is 79.9. The van der Waals surface area contributed by atoms with Gasteiger partial charge in [-0.3, -0.25) is 4.68 Å². The minimum atomic E-state index is -2.86. The number of nitrogens with zero attached hydrogens (tertiary/aromatic N) is 2. The van der Waals surface area contributed by atoms with Crippen molar-refractivity contribution in [2.24, 2.45) is 17.6 Å². The minimum Gasteiger partial charge on any atom is -0.330 e. The minimum absolute atomic E-state index is 0.178. The van der Waals surface area contributed by atoms with Crippen molar-refractivity contribution < 1.29 is 8.42 Å². The zero-order chi connectivity index (χ0) is 15.6. The predicted octanol–water partition coefficient (Wildman–Crippen LogP) is 1.78. The molecule has 1 aliphatic heterocycles. The molecule has 1 aromatic rings. The number of hydrogen-bond acceptors (Lipinski definition) is 4. The van der Waals surface area contributed by atoms with Crippen LogP contribution in [0.1, 0.15) is 31.7 Å². The Morgan fingerprint density at radius 3 is 2.67 bits per heavy atom. The van der Waals surface area contributed by atoms with Gasteiger partial charge in [-0.15, -0.1) is 0 Å². The summed E-state index contributed by atoms with van der Waals surface area (Å²) in [6.07, 6.45) is 2.41. The van der Waals surface area contributed by atoms with Crippen LogP contribution in [0, 0.1) is 11.8 Å². The monoisotopic (exact) mass is 377 g/mol. The van der Waals surface area contributed by atoms with Crippen molar-refractivity contribution in [3.8, 4) is 0 Å². The third kappa shape index (κ3) is 3.68. The lowest BCUT2D eigenvalue weighted by atomic mass is 9.88. The third-order valence-electron chi connectivity index (χ3n) is 4.39. The van der Waals surface area contributed by atoms with Gasteiger partial charge in [0.2, 0.25) is 0 Å². The molecule has 0 aromatic carbocycles. The number of sulfone groups is 1. The first kappa shape index (κ1) is 17.0. The molecule has 0 aliphatic carbocycles. The molecule has 2 heterocycles. The van der Waals surface area contributed by atoms with Crippen LogP contribution in [0.15, 0.2) is 4.47 Å². The van der Waals surface area contributed by atoms with Crippen molar-refractivity contribution in [2.75, 3.05) is 18.1 Å². The zero-order valence-corrected chi connectivity index (χ0v) is 15.1.